The van der Waals surface area contributed by atoms with Crippen LogP contribution in [-0.2, 0) is 29.2 Å². The monoisotopic (exact) mass is 762 g/mol. The summed E-state index contributed by atoms with van der Waals surface area (Å²) in [5.74, 6) is -3.55. The van der Waals surface area contributed by atoms with Crippen LogP contribution < -0.4 is 21.3 Å². The highest BCUT2D eigenvalue weighted by molar-refractivity contribution is 7.89. The van der Waals surface area contributed by atoms with Crippen LogP contribution in [0.15, 0.2) is 0 Å². The van der Waals surface area contributed by atoms with Crippen LogP contribution in [0.1, 0.15) is 106 Å². The van der Waals surface area contributed by atoms with Gasteiger partial charge in [0.05, 0.1) is 17.3 Å². The van der Waals surface area contributed by atoms with Crippen LogP contribution in [0.5, 0.6) is 0 Å². The number of hydrogen-bond acceptors (Lipinski definition) is 7. The maximum Gasteiger partial charge on any atom is 0.402 e. The molecule has 0 aromatic heterocycles. The number of halogens is 3. The Labute approximate surface area is 305 Å². The fourth-order valence-electron chi connectivity index (χ4n) is 7.96. The number of fused-ring (bicyclic) bond motifs is 1. The van der Waals surface area contributed by atoms with Crippen LogP contribution in [0.2, 0.25) is 0 Å². The number of urea groups is 1. The van der Waals surface area contributed by atoms with Crippen molar-refractivity contribution in [2.75, 3.05) is 25.9 Å². The molecule has 0 unspecified atom stereocenters. The highest BCUT2D eigenvalue weighted by atomic mass is 32.2. The highest BCUT2D eigenvalue weighted by Gasteiger charge is 2.70. The van der Waals surface area contributed by atoms with Crippen LogP contribution in [-0.4, -0.2) is 109 Å². The molecule has 17 heteroatoms. The Hall–Kier alpha value is -2.95. The van der Waals surface area contributed by atoms with E-state index in [1.807, 2.05) is 20.8 Å². The van der Waals surface area contributed by atoms with Crippen LogP contribution in [0, 0.1) is 22.7 Å². The third kappa shape index (κ3) is 9.97. The second-order valence-electron chi connectivity index (χ2n) is 17.1. The van der Waals surface area contributed by atoms with Crippen molar-refractivity contribution in [2.24, 2.45) is 22.7 Å². The summed E-state index contributed by atoms with van der Waals surface area (Å²) in [6, 6.07) is -4.10. The van der Waals surface area contributed by atoms with Gasteiger partial charge in [-0.3, -0.25) is 19.2 Å². The maximum absolute atomic E-state index is 14.4. The quantitative estimate of drug-likeness (QED) is 0.186. The molecule has 0 radical (unpaired) electrons. The fourth-order valence-corrected chi connectivity index (χ4v) is 9.58. The van der Waals surface area contributed by atoms with Gasteiger partial charge in [0.2, 0.25) is 27.6 Å². The number of likely N-dealkylation sites (tertiary alicyclic amines) is 1. The summed E-state index contributed by atoms with van der Waals surface area (Å²) >= 11 is 0. The summed E-state index contributed by atoms with van der Waals surface area (Å²) in [6.07, 6.45) is 0.718. The van der Waals surface area contributed by atoms with Crippen molar-refractivity contribution in [3.63, 3.8) is 0 Å². The van der Waals surface area contributed by atoms with Crippen LogP contribution in [0.3, 0.4) is 0 Å². The molecule has 3 saturated carbocycles. The molecule has 1 aliphatic heterocycles. The summed E-state index contributed by atoms with van der Waals surface area (Å²) in [5, 5.41) is 11.0. The zero-order chi connectivity index (χ0) is 39.0. The molecule has 4 fully saturated rings. The van der Waals surface area contributed by atoms with E-state index in [9.17, 15) is 45.6 Å². The fraction of sp³-hybridized carbons (Fsp3) is 0.857. The average Bonchev–Trinajstić information content (AvgIpc) is 3.87. The van der Waals surface area contributed by atoms with E-state index >= 15 is 0 Å². The molecule has 4 aliphatic rings. The largest absolute Gasteiger partial charge is 0.402 e. The lowest BCUT2D eigenvalue weighted by Crippen LogP contribution is -2.64. The number of alkyl halides is 3. The van der Waals surface area contributed by atoms with E-state index < -0.39 is 87.1 Å². The smallest absolute Gasteiger partial charge is 0.347 e. The number of rotatable bonds is 15. The molecule has 4 rings (SSSR count). The summed E-state index contributed by atoms with van der Waals surface area (Å²) in [5.41, 5.74) is -2.53. The lowest BCUT2D eigenvalue weighted by molar-refractivity contribution is -0.145. The van der Waals surface area contributed by atoms with Crippen LogP contribution in [0.25, 0.3) is 0 Å². The SMILES string of the molecule is CCCC[C@H](NC(=O)[C@@H]1[C@@H]2[C@H](CN1C(=O)[C@@H](NC(=O)NC1(CS(=O)(=O)N(C)CC(F)(F)F)CCCCC1)C(C)(C)C)C2(C)C)C(=O)C(=O)NC1CC1. The Bertz CT molecular complexity index is 1490. The average molecular weight is 763 g/mol. The third-order valence-electron chi connectivity index (χ3n) is 11.3. The zero-order valence-corrected chi connectivity index (χ0v) is 32.3. The molecular formula is C35H57F3N6O7S. The maximum atomic E-state index is 14.4. The van der Waals surface area contributed by atoms with E-state index in [-0.39, 0.29) is 53.4 Å². The molecule has 0 aromatic carbocycles. The van der Waals surface area contributed by atoms with Gasteiger partial charge in [-0.2, -0.15) is 17.5 Å². The van der Waals surface area contributed by atoms with Crippen molar-refractivity contribution in [2.45, 2.75) is 142 Å². The number of Topliss-reactive ketones (excluding diaryl/α,β-unsaturated/α-hetero) is 1. The minimum atomic E-state index is -4.75. The number of nitrogens with one attached hydrogen (secondary N) is 4. The number of carbonyl (C=O) groups is 5. The van der Waals surface area contributed by atoms with Crippen molar-refractivity contribution in [1.82, 2.24) is 30.5 Å². The lowest BCUT2D eigenvalue weighted by Gasteiger charge is -2.41. The number of unbranched alkanes of at least 4 members (excludes halogenated alkanes) is 1. The van der Waals surface area contributed by atoms with E-state index in [1.54, 1.807) is 20.8 Å². The number of piperidine rings is 1. The van der Waals surface area contributed by atoms with E-state index in [1.165, 1.54) is 4.90 Å². The molecule has 296 valence electrons. The van der Waals surface area contributed by atoms with Crippen molar-refractivity contribution in [3.8, 4) is 0 Å². The first-order chi connectivity index (χ1) is 23.9. The topological polar surface area (TPSA) is 174 Å². The number of amides is 5. The molecule has 0 aromatic rings. The van der Waals surface area contributed by atoms with Gasteiger partial charge in [0.1, 0.15) is 18.6 Å². The zero-order valence-electron chi connectivity index (χ0n) is 31.5. The van der Waals surface area contributed by atoms with Gasteiger partial charge in [0, 0.05) is 19.6 Å². The lowest BCUT2D eigenvalue weighted by atomic mass is 9.83. The number of carbonyl (C=O) groups excluding carboxylic acids is 5. The second-order valence-corrected chi connectivity index (χ2v) is 19.1. The predicted octanol–water partition coefficient (Wildman–Crippen LogP) is 3.23. The molecule has 0 bridgehead atoms. The standard InChI is InChI=1S/C35H57F3N6O7S/c1-8-9-13-23(26(45)29(47)39-21-14-15-21)40-28(46)25-24-22(33(24,5)6)18-44(25)30(48)27(32(2,3)4)41-31(49)42-34(16-11-10-12-17-34)20-52(50,51)43(7)19-35(36,37)38/h21-25,27H,8-20H2,1-7H3,(H,39,47)(H,40,46)(H2,41,42,49)/t22-,23-,24-,25-,27+/m0/s1. The Morgan fingerprint density at radius 1 is 0.981 bits per heavy atom. The molecule has 0 spiro atoms. The van der Waals surface area contributed by atoms with E-state index in [0.717, 1.165) is 32.7 Å². The molecule has 13 nitrogen and oxygen atoms in total. The van der Waals surface area contributed by atoms with E-state index in [2.05, 4.69) is 21.3 Å². The van der Waals surface area contributed by atoms with Gasteiger partial charge in [-0.1, -0.05) is 73.6 Å². The molecule has 3 aliphatic carbocycles. The highest BCUT2D eigenvalue weighted by Crippen LogP contribution is 2.65. The molecule has 1 heterocycles. The Morgan fingerprint density at radius 3 is 2.13 bits per heavy atom. The normalized spacial score (nSPS) is 25.1. The first-order valence-electron chi connectivity index (χ1n) is 18.5. The number of nitrogens with zero attached hydrogens (tertiary/aromatic N) is 2. The number of sulfonamides is 1. The summed E-state index contributed by atoms with van der Waals surface area (Å²) in [6.45, 7) is 9.70. The van der Waals surface area contributed by atoms with Crippen molar-refractivity contribution < 1.29 is 45.6 Å². The first-order valence-corrected chi connectivity index (χ1v) is 20.1. The second kappa shape index (κ2) is 15.4. The van der Waals surface area contributed by atoms with E-state index in [4.69, 9.17) is 0 Å². The number of ketones is 1. The first kappa shape index (κ1) is 41.8. The van der Waals surface area contributed by atoms with Gasteiger partial charge in [-0.05, 0) is 54.8 Å². The van der Waals surface area contributed by atoms with Crippen molar-refractivity contribution >= 4 is 39.6 Å². The van der Waals surface area contributed by atoms with Crippen LogP contribution in [0.4, 0.5) is 18.0 Å². The minimum absolute atomic E-state index is 0.0194. The summed E-state index contributed by atoms with van der Waals surface area (Å²) in [7, 11) is -3.59. The Kier molecular flexibility index (Phi) is 12.4. The molecular weight excluding hydrogens is 705 g/mol. The van der Waals surface area contributed by atoms with Crippen molar-refractivity contribution in [1.29, 1.82) is 0 Å². The Balaban J connectivity index is 1.53. The summed E-state index contributed by atoms with van der Waals surface area (Å²) < 4.78 is 65.6. The van der Waals surface area contributed by atoms with Gasteiger partial charge in [0.15, 0.2) is 0 Å². The van der Waals surface area contributed by atoms with Gasteiger partial charge >= 0.3 is 12.2 Å². The summed E-state index contributed by atoms with van der Waals surface area (Å²) in [4.78, 5) is 69.5. The minimum Gasteiger partial charge on any atom is -0.347 e. The Morgan fingerprint density at radius 2 is 1.60 bits per heavy atom. The van der Waals surface area contributed by atoms with Crippen molar-refractivity contribution in [3.05, 3.63) is 0 Å². The third-order valence-corrected chi connectivity index (χ3v) is 13.3. The van der Waals surface area contributed by atoms with Gasteiger partial charge in [-0.25, -0.2) is 13.2 Å². The van der Waals surface area contributed by atoms with Gasteiger partial charge in [-0.15, -0.1) is 0 Å². The molecule has 1 saturated heterocycles. The van der Waals surface area contributed by atoms with E-state index in [0.29, 0.717) is 19.3 Å². The molecule has 5 atom stereocenters. The van der Waals surface area contributed by atoms with Gasteiger partial charge < -0.3 is 26.2 Å². The molecule has 5 amide bonds. The van der Waals surface area contributed by atoms with Gasteiger partial charge in [0.25, 0.3) is 5.91 Å². The molecule has 52 heavy (non-hydrogen) atoms. The van der Waals surface area contributed by atoms with Crippen LogP contribution >= 0.6 is 0 Å². The number of hydrogen-bond donors (Lipinski definition) is 4. The molecule has 4 N–H and O–H groups in total. The predicted molar refractivity (Wildman–Crippen MR) is 187 cm³/mol.